The van der Waals surface area contributed by atoms with Gasteiger partial charge in [-0.25, -0.2) is 8.42 Å². The Balaban J connectivity index is 2.43. The van der Waals surface area contributed by atoms with Gasteiger partial charge in [0.2, 0.25) is 10.0 Å². The molecule has 0 aromatic heterocycles. The number of nitrogens with zero attached hydrogens (tertiary/aromatic N) is 1. The van der Waals surface area contributed by atoms with Crippen molar-refractivity contribution in [3.63, 3.8) is 0 Å². The van der Waals surface area contributed by atoms with E-state index in [0.29, 0.717) is 5.75 Å². The van der Waals surface area contributed by atoms with Crippen molar-refractivity contribution in [2.45, 2.75) is 22.7 Å². The highest BCUT2D eigenvalue weighted by molar-refractivity contribution is 7.89. The third kappa shape index (κ3) is 3.39. The number of rotatable bonds is 5. The molecule has 0 amide bonds. The van der Waals surface area contributed by atoms with Crippen molar-refractivity contribution >= 4 is 27.6 Å². The van der Waals surface area contributed by atoms with Gasteiger partial charge in [-0.05, 0) is 18.6 Å². The minimum absolute atomic E-state index is 0.00480. The number of alkyl halides is 1. The minimum Gasteiger partial charge on any atom is -0.493 e. The number of hydrogen-bond acceptors (Lipinski definition) is 6. The molecule has 1 aliphatic heterocycles. The molecule has 0 saturated carbocycles. The van der Waals surface area contributed by atoms with Crippen LogP contribution in [0.4, 0.5) is 0 Å². The van der Waals surface area contributed by atoms with Gasteiger partial charge in [-0.2, -0.15) is 4.31 Å². The van der Waals surface area contributed by atoms with E-state index in [0.717, 1.165) is 4.31 Å². The average molecular weight is 364 g/mol. The second-order valence-electron chi connectivity index (χ2n) is 4.96. The molecule has 1 aromatic rings. The smallest absolute Gasteiger partial charge is 0.324 e. The number of esters is 1. The van der Waals surface area contributed by atoms with Crippen molar-refractivity contribution < 1.29 is 27.4 Å². The van der Waals surface area contributed by atoms with E-state index in [1.807, 2.05) is 0 Å². The van der Waals surface area contributed by atoms with Gasteiger partial charge in [-0.3, -0.25) is 4.79 Å². The molecule has 23 heavy (non-hydrogen) atoms. The summed E-state index contributed by atoms with van der Waals surface area (Å²) >= 11 is 6.04. The molecule has 0 unspecified atom stereocenters. The van der Waals surface area contributed by atoms with Crippen LogP contribution in [0.25, 0.3) is 0 Å². The van der Waals surface area contributed by atoms with E-state index in [1.165, 1.54) is 39.5 Å². The number of benzene rings is 1. The Labute approximate surface area is 140 Å². The van der Waals surface area contributed by atoms with Gasteiger partial charge in [0.25, 0.3) is 0 Å². The molecule has 0 radical (unpaired) electrons. The number of ether oxygens (including phenoxy) is 3. The molecule has 1 saturated heterocycles. The molecular formula is C14H18ClNO6S. The molecule has 0 bridgehead atoms. The van der Waals surface area contributed by atoms with Crippen LogP contribution < -0.4 is 9.47 Å². The number of carbonyl (C=O) groups excluding carboxylic acids is 1. The van der Waals surface area contributed by atoms with Crippen molar-refractivity contribution in [1.29, 1.82) is 0 Å². The first kappa shape index (κ1) is 17.8. The zero-order valence-electron chi connectivity index (χ0n) is 13.0. The van der Waals surface area contributed by atoms with E-state index in [1.54, 1.807) is 0 Å². The first-order chi connectivity index (χ1) is 10.8. The summed E-state index contributed by atoms with van der Waals surface area (Å²) in [6, 6.07) is 3.31. The standard InChI is InChI=1S/C14H18ClNO6S/c1-20-12-5-4-10(7-13(12)21-2)23(18,19)16-8-9(15)6-11(16)14(17)22-3/h4-5,7,9,11H,6,8H2,1-3H3/t9-,11+/m1/s1. The highest BCUT2D eigenvalue weighted by Gasteiger charge is 2.44. The Morgan fingerprint density at radius 3 is 2.43 bits per heavy atom. The maximum atomic E-state index is 12.8. The van der Waals surface area contributed by atoms with E-state index >= 15 is 0 Å². The van der Waals surface area contributed by atoms with Gasteiger partial charge in [0, 0.05) is 18.0 Å². The van der Waals surface area contributed by atoms with Gasteiger partial charge < -0.3 is 14.2 Å². The first-order valence-electron chi connectivity index (χ1n) is 6.81. The largest absolute Gasteiger partial charge is 0.493 e. The predicted octanol–water partition coefficient (Wildman–Crippen LogP) is 1.25. The molecule has 9 heteroatoms. The van der Waals surface area contributed by atoms with Crippen LogP contribution in [-0.2, 0) is 19.6 Å². The number of hydrogen-bond donors (Lipinski definition) is 0. The maximum Gasteiger partial charge on any atom is 0.324 e. The van der Waals surface area contributed by atoms with Gasteiger partial charge >= 0.3 is 5.97 Å². The molecule has 0 aliphatic carbocycles. The SMILES string of the molecule is COC(=O)[C@@H]1C[C@@H](Cl)CN1S(=O)(=O)c1ccc(OC)c(OC)c1. The van der Waals surface area contributed by atoms with Crippen molar-refractivity contribution in [2.75, 3.05) is 27.9 Å². The summed E-state index contributed by atoms with van der Waals surface area (Å²) in [4.78, 5) is 11.8. The predicted molar refractivity (Wildman–Crippen MR) is 83.5 cm³/mol. The quantitative estimate of drug-likeness (QED) is 0.578. The van der Waals surface area contributed by atoms with Crippen molar-refractivity contribution in [3.8, 4) is 11.5 Å². The van der Waals surface area contributed by atoms with Crippen LogP contribution in [0.1, 0.15) is 6.42 Å². The Morgan fingerprint density at radius 1 is 1.22 bits per heavy atom. The van der Waals surface area contributed by atoms with Gasteiger partial charge in [-0.1, -0.05) is 0 Å². The molecule has 0 spiro atoms. The Morgan fingerprint density at radius 2 is 1.87 bits per heavy atom. The van der Waals surface area contributed by atoms with E-state index in [-0.39, 0.29) is 23.6 Å². The first-order valence-corrected chi connectivity index (χ1v) is 8.68. The van der Waals surface area contributed by atoms with E-state index in [4.69, 9.17) is 21.1 Å². The van der Waals surface area contributed by atoms with Crippen LogP contribution >= 0.6 is 11.6 Å². The highest BCUT2D eigenvalue weighted by Crippen LogP contribution is 2.34. The molecular weight excluding hydrogens is 346 g/mol. The summed E-state index contributed by atoms with van der Waals surface area (Å²) in [5.41, 5.74) is 0. The average Bonchev–Trinajstić information content (AvgIpc) is 2.96. The zero-order chi connectivity index (χ0) is 17.2. The minimum atomic E-state index is -3.92. The molecule has 1 aliphatic rings. The second-order valence-corrected chi connectivity index (χ2v) is 7.47. The lowest BCUT2D eigenvalue weighted by Crippen LogP contribution is -2.41. The van der Waals surface area contributed by atoms with Crippen LogP contribution in [-0.4, -0.2) is 58.0 Å². The summed E-state index contributed by atoms with van der Waals surface area (Å²) in [5, 5.41) is -0.450. The number of sulfonamides is 1. The third-order valence-electron chi connectivity index (χ3n) is 3.64. The van der Waals surface area contributed by atoms with Crippen LogP contribution in [0, 0.1) is 0 Å². The summed E-state index contributed by atoms with van der Waals surface area (Å²) in [6.45, 7) is 0.0397. The number of carbonyl (C=O) groups is 1. The molecule has 2 rings (SSSR count). The summed E-state index contributed by atoms with van der Waals surface area (Å²) in [6.07, 6.45) is 0.209. The van der Waals surface area contributed by atoms with E-state index in [9.17, 15) is 13.2 Å². The van der Waals surface area contributed by atoms with Crippen molar-refractivity contribution in [2.24, 2.45) is 0 Å². The number of methoxy groups -OCH3 is 3. The monoisotopic (exact) mass is 363 g/mol. The molecule has 2 atom stereocenters. The Kier molecular flexibility index (Phi) is 5.38. The summed E-state index contributed by atoms with van der Waals surface area (Å²) < 4.78 is 41.6. The topological polar surface area (TPSA) is 82.1 Å². The van der Waals surface area contributed by atoms with Gasteiger partial charge in [0.1, 0.15) is 6.04 Å². The van der Waals surface area contributed by atoms with Crippen LogP contribution in [0.15, 0.2) is 23.1 Å². The van der Waals surface area contributed by atoms with E-state index in [2.05, 4.69) is 4.74 Å². The van der Waals surface area contributed by atoms with Gasteiger partial charge in [0.15, 0.2) is 11.5 Å². The number of halogens is 1. The molecule has 0 N–H and O–H groups in total. The highest BCUT2D eigenvalue weighted by atomic mass is 35.5. The lowest BCUT2D eigenvalue weighted by atomic mass is 10.2. The van der Waals surface area contributed by atoms with Gasteiger partial charge in [0.05, 0.1) is 26.2 Å². The molecule has 1 aromatic carbocycles. The molecule has 1 fully saturated rings. The second kappa shape index (κ2) is 6.94. The molecule has 1 heterocycles. The third-order valence-corrected chi connectivity index (χ3v) is 5.83. The maximum absolute atomic E-state index is 12.8. The molecule has 7 nitrogen and oxygen atoms in total. The Bertz CT molecular complexity index is 693. The van der Waals surface area contributed by atoms with Crippen LogP contribution in [0.3, 0.4) is 0 Å². The van der Waals surface area contributed by atoms with Crippen molar-refractivity contribution in [3.05, 3.63) is 18.2 Å². The summed E-state index contributed by atoms with van der Waals surface area (Å²) in [5.74, 6) is 0.0645. The summed E-state index contributed by atoms with van der Waals surface area (Å²) in [7, 11) is 0.161. The van der Waals surface area contributed by atoms with Crippen LogP contribution in [0.2, 0.25) is 0 Å². The fraction of sp³-hybridized carbons (Fsp3) is 0.500. The zero-order valence-corrected chi connectivity index (χ0v) is 14.6. The fourth-order valence-corrected chi connectivity index (χ4v) is 4.53. The van der Waals surface area contributed by atoms with E-state index < -0.39 is 27.4 Å². The lowest BCUT2D eigenvalue weighted by molar-refractivity contribution is -0.144. The lowest BCUT2D eigenvalue weighted by Gasteiger charge is -2.22. The van der Waals surface area contributed by atoms with Crippen molar-refractivity contribution in [1.82, 2.24) is 4.31 Å². The molecule has 128 valence electrons. The van der Waals surface area contributed by atoms with Crippen LogP contribution in [0.5, 0.6) is 11.5 Å². The normalized spacial score (nSPS) is 21.9. The Hall–Kier alpha value is -1.51. The fourth-order valence-electron chi connectivity index (χ4n) is 2.48. The van der Waals surface area contributed by atoms with Gasteiger partial charge in [-0.15, -0.1) is 11.6 Å².